The number of Topliss-reactive ketones (excluding diaryl/α,β-unsaturated/α-hetero) is 1. The SMILES string of the molecule is COC(=O)c1ccc(NC(=O)CSc2nnc(N3C(N)=C(C#N)C(c4cccc(C)c4)C4=C3CCCC4=O)s2)cc1. The summed E-state index contributed by atoms with van der Waals surface area (Å²) in [5, 5.41) is 21.9. The van der Waals surface area contributed by atoms with Gasteiger partial charge < -0.3 is 15.8 Å². The van der Waals surface area contributed by atoms with E-state index in [-0.39, 0.29) is 23.3 Å². The van der Waals surface area contributed by atoms with Crippen molar-refractivity contribution in [1.29, 1.82) is 5.26 Å². The molecule has 208 valence electrons. The van der Waals surface area contributed by atoms with Gasteiger partial charge in [0.25, 0.3) is 0 Å². The fourth-order valence-corrected chi connectivity index (χ4v) is 6.65. The number of aromatic nitrogens is 2. The Kier molecular flexibility index (Phi) is 8.19. The number of benzene rings is 2. The fraction of sp³-hybridized carbons (Fsp3) is 0.241. The predicted molar refractivity (Wildman–Crippen MR) is 156 cm³/mol. The van der Waals surface area contributed by atoms with Crippen LogP contribution in [0.5, 0.6) is 0 Å². The maximum atomic E-state index is 13.3. The average Bonchev–Trinajstić information content (AvgIpc) is 3.44. The molecule has 0 fully saturated rings. The summed E-state index contributed by atoms with van der Waals surface area (Å²) in [6, 6.07) is 16.4. The first kappa shape index (κ1) is 28.1. The molecule has 2 heterocycles. The van der Waals surface area contributed by atoms with Crippen LogP contribution in [-0.4, -0.2) is 40.7 Å². The second kappa shape index (κ2) is 12.0. The molecular weight excluding hydrogens is 560 g/mol. The molecule has 10 nitrogen and oxygen atoms in total. The Bertz CT molecular complexity index is 1640. The van der Waals surface area contributed by atoms with Crippen molar-refractivity contribution in [2.45, 2.75) is 36.4 Å². The monoisotopic (exact) mass is 586 g/mol. The third kappa shape index (κ3) is 5.73. The zero-order chi connectivity index (χ0) is 29.1. The first-order valence-corrected chi connectivity index (χ1v) is 14.6. The van der Waals surface area contributed by atoms with Crippen LogP contribution in [0.1, 0.15) is 46.7 Å². The number of ketones is 1. The van der Waals surface area contributed by atoms with Gasteiger partial charge in [-0.25, -0.2) is 4.79 Å². The Hall–Kier alpha value is -4.47. The van der Waals surface area contributed by atoms with E-state index >= 15 is 0 Å². The summed E-state index contributed by atoms with van der Waals surface area (Å²) >= 11 is 2.44. The van der Waals surface area contributed by atoms with Crippen molar-refractivity contribution >= 4 is 51.6 Å². The lowest BCUT2D eigenvalue weighted by Gasteiger charge is -2.38. The van der Waals surface area contributed by atoms with E-state index in [9.17, 15) is 19.6 Å². The first-order valence-electron chi connectivity index (χ1n) is 12.8. The molecule has 12 heteroatoms. The number of amides is 1. The zero-order valence-corrected chi connectivity index (χ0v) is 24.0. The number of carbonyl (C=O) groups is 3. The number of nitrogens with two attached hydrogens (primary N) is 1. The molecule has 0 spiro atoms. The molecule has 5 rings (SSSR count). The van der Waals surface area contributed by atoms with Gasteiger partial charge in [-0.1, -0.05) is 52.9 Å². The molecule has 0 saturated carbocycles. The molecule has 0 radical (unpaired) electrons. The van der Waals surface area contributed by atoms with E-state index in [2.05, 4.69) is 26.3 Å². The summed E-state index contributed by atoms with van der Waals surface area (Å²) in [7, 11) is 1.30. The Morgan fingerprint density at radius 2 is 2.00 bits per heavy atom. The number of anilines is 2. The summed E-state index contributed by atoms with van der Waals surface area (Å²) in [5.41, 5.74) is 11.0. The van der Waals surface area contributed by atoms with Crippen LogP contribution in [0.3, 0.4) is 0 Å². The molecule has 1 unspecified atom stereocenters. The number of allylic oxidation sites excluding steroid dienone is 3. The van der Waals surface area contributed by atoms with Crippen molar-refractivity contribution in [3.05, 3.63) is 87.9 Å². The molecule has 2 aromatic carbocycles. The molecule has 0 saturated heterocycles. The minimum Gasteiger partial charge on any atom is -0.465 e. The number of methoxy groups -OCH3 is 1. The highest BCUT2D eigenvalue weighted by molar-refractivity contribution is 8.01. The Morgan fingerprint density at radius 3 is 2.71 bits per heavy atom. The maximum absolute atomic E-state index is 13.3. The number of nitrogens with one attached hydrogen (secondary N) is 1. The lowest BCUT2D eigenvalue weighted by molar-refractivity contribution is -0.116. The van der Waals surface area contributed by atoms with Crippen molar-refractivity contribution in [3.8, 4) is 6.07 Å². The number of nitriles is 1. The summed E-state index contributed by atoms with van der Waals surface area (Å²) < 4.78 is 5.22. The van der Waals surface area contributed by atoms with E-state index in [0.29, 0.717) is 51.1 Å². The number of aryl methyl sites for hydroxylation is 1. The van der Waals surface area contributed by atoms with Crippen LogP contribution < -0.4 is 16.0 Å². The third-order valence-corrected chi connectivity index (χ3v) is 8.83. The van der Waals surface area contributed by atoms with Gasteiger partial charge >= 0.3 is 5.97 Å². The molecular formula is C29H26N6O4S2. The normalized spacial score (nSPS) is 16.8. The second-order valence-electron chi connectivity index (χ2n) is 9.49. The van der Waals surface area contributed by atoms with Crippen molar-refractivity contribution in [3.63, 3.8) is 0 Å². The minimum atomic E-state index is -0.536. The van der Waals surface area contributed by atoms with Gasteiger partial charge in [0.2, 0.25) is 11.0 Å². The van der Waals surface area contributed by atoms with Crippen LogP contribution in [0.2, 0.25) is 0 Å². The van der Waals surface area contributed by atoms with Crippen molar-refractivity contribution < 1.29 is 19.1 Å². The number of ether oxygens (including phenoxy) is 1. The highest BCUT2D eigenvalue weighted by Crippen LogP contribution is 2.47. The topological polar surface area (TPSA) is 151 Å². The molecule has 1 amide bonds. The van der Waals surface area contributed by atoms with Crippen molar-refractivity contribution in [2.75, 3.05) is 23.1 Å². The predicted octanol–water partition coefficient (Wildman–Crippen LogP) is 4.67. The number of rotatable bonds is 7. The number of carbonyl (C=O) groups excluding carboxylic acids is 3. The van der Waals surface area contributed by atoms with E-state index < -0.39 is 11.9 Å². The van der Waals surface area contributed by atoms with Crippen LogP contribution in [0, 0.1) is 18.3 Å². The lowest BCUT2D eigenvalue weighted by atomic mass is 9.75. The molecule has 2 aliphatic rings. The maximum Gasteiger partial charge on any atom is 0.337 e. The number of hydrogen-bond acceptors (Lipinski definition) is 11. The quantitative estimate of drug-likeness (QED) is 0.295. The Morgan fingerprint density at radius 1 is 1.22 bits per heavy atom. The Labute approximate surface area is 244 Å². The number of hydrogen-bond donors (Lipinski definition) is 2. The van der Waals surface area contributed by atoms with Gasteiger partial charge in [-0.2, -0.15) is 5.26 Å². The van der Waals surface area contributed by atoms with E-state index in [1.807, 2.05) is 31.2 Å². The molecule has 1 aliphatic carbocycles. The van der Waals surface area contributed by atoms with Crippen molar-refractivity contribution in [2.24, 2.45) is 5.73 Å². The van der Waals surface area contributed by atoms with Gasteiger partial charge in [0.05, 0.1) is 36.0 Å². The molecule has 3 aromatic rings. The van der Waals surface area contributed by atoms with E-state index in [1.54, 1.807) is 29.2 Å². The molecule has 0 bridgehead atoms. The lowest BCUT2D eigenvalue weighted by Crippen LogP contribution is -2.38. The van der Waals surface area contributed by atoms with E-state index in [1.165, 1.54) is 30.2 Å². The minimum absolute atomic E-state index is 0.00147. The molecule has 41 heavy (non-hydrogen) atoms. The van der Waals surface area contributed by atoms with E-state index in [0.717, 1.165) is 16.8 Å². The van der Waals surface area contributed by atoms with Crippen LogP contribution >= 0.6 is 23.1 Å². The summed E-state index contributed by atoms with van der Waals surface area (Å²) in [6.45, 7) is 1.97. The van der Waals surface area contributed by atoms with Gasteiger partial charge in [0, 0.05) is 23.4 Å². The molecule has 1 atom stereocenters. The second-order valence-corrected chi connectivity index (χ2v) is 11.7. The molecule has 1 aliphatic heterocycles. The number of esters is 1. The fourth-order valence-electron chi connectivity index (χ4n) is 4.97. The number of thioether (sulfide) groups is 1. The highest BCUT2D eigenvalue weighted by Gasteiger charge is 2.41. The Balaban J connectivity index is 1.36. The summed E-state index contributed by atoms with van der Waals surface area (Å²) in [4.78, 5) is 39.1. The molecule has 1 aromatic heterocycles. The van der Waals surface area contributed by atoms with E-state index in [4.69, 9.17) is 5.73 Å². The van der Waals surface area contributed by atoms with Crippen LogP contribution in [-0.2, 0) is 14.3 Å². The van der Waals surface area contributed by atoms with Gasteiger partial charge in [0.1, 0.15) is 5.82 Å². The third-order valence-electron chi connectivity index (χ3n) is 6.79. The van der Waals surface area contributed by atoms with Gasteiger partial charge in [0.15, 0.2) is 10.1 Å². The standard InChI is InChI=1S/C29H26N6O4S2/c1-16-5-3-6-18(13-16)24-20(14-30)26(31)35(21-7-4-8-22(36)25(21)24)28-33-34-29(41-28)40-15-23(37)32-19-11-9-17(10-12-19)27(38)39-2/h3,5-6,9-13,24H,4,7-8,15,31H2,1-2H3,(H,32,37). The highest BCUT2D eigenvalue weighted by atomic mass is 32.2. The van der Waals surface area contributed by atoms with Crippen LogP contribution in [0.25, 0.3) is 0 Å². The summed E-state index contributed by atoms with van der Waals surface area (Å²) in [6.07, 6.45) is 1.69. The largest absolute Gasteiger partial charge is 0.465 e. The zero-order valence-electron chi connectivity index (χ0n) is 22.3. The van der Waals surface area contributed by atoms with Crippen LogP contribution in [0.15, 0.2) is 75.5 Å². The van der Waals surface area contributed by atoms with Gasteiger partial charge in [-0.15, -0.1) is 10.2 Å². The number of nitrogens with zero attached hydrogens (tertiary/aromatic N) is 4. The van der Waals surface area contributed by atoms with Crippen LogP contribution in [0.4, 0.5) is 10.8 Å². The summed E-state index contributed by atoms with van der Waals surface area (Å²) in [5.74, 6) is -0.949. The average molecular weight is 587 g/mol. The van der Waals surface area contributed by atoms with Gasteiger partial charge in [-0.05, 0) is 49.6 Å². The molecule has 3 N–H and O–H groups in total. The first-order chi connectivity index (χ1) is 19.8. The van der Waals surface area contributed by atoms with Crippen molar-refractivity contribution in [1.82, 2.24) is 10.2 Å². The van der Waals surface area contributed by atoms with Gasteiger partial charge in [-0.3, -0.25) is 14.5 Å². The smallest absolute Gasteiger partial charge is 0.337 e.